The van der Waals surface area contributed by atoms with Crippen LogP contribution in [0.1, 0.15) is 0 Å². The summed E-state index contributed by atoms with van der Waals surface area (Å²) in [5, 5.41) is 0. The zero-order valence-corrected chi connectivity index (χ0v) is 8.94. The Bertz CT molecular complexity index is 514. The SMILES string of the molecule is FC1=C(F)C(F)=C(F)C(F)(C(F)(F)C(F)(F)C(F)(F)F)O1. The first-order valence-electron chi connectivity index (χ1n) is 4.43. The fourth-order valence-electron chi connectivity index (χ4n) is 1.12. The van der Waals surface area contributed by atoms with E-state index in [0.717, 1.165) is 0 Å². The quantitative estimate of drug-likeness (QED) is 0.658. The highest BCUT2D eigenvalue weighted by Crippen LogP contribution is 2.57. The largest absolute Gasteiger partial charge is 0.460 e. The highest BCUT2D eigenvalue weighted by molar-refractivity contribution is 5.33. The van der Waals surface area contributed by atoms with Crippen LogP contribution < -0.4 is 0 Å². The maximum absolute atomic E-state index is 13.4. The van der Waals surface area contributed by atoms with Crippen LogP contribution in [0.2, 0.25) is 0 Å². The molecular formula is C8F12O. The molecule has 1 aliphatic rings. The first kappa shape index (κ1) is 17.5. The average molecular weight is 340 g/mol. The van der Waals surface area contributed by atoms with Gasteiger partial charge >= 0.3 is 29.9 Å². The van der Waals surface area contributed by atoms with E-state index in [0.29, 0.717) is 0 Å². The Morgan fingerprint density at radius 1 is 0.762 bits per heavy atom. The molecule has 0 amide bonds. The van der Waals surface area contributed by atoms with E-state index in [1.165, 1.54) is 0 Å². The number of hydrogen-bond acceptors (Lipinski definition) is 1. The third-order valence-electron chi connectivity index (χ3n) is 2.22. The summed E-state index contributed by atoms with van der Waals surface area (Å²) in [4.78, 5) is 0. The summed E-state index contributed by atoms with van der Waals surface area (Å²) in [6.07, 6.45) is -7.13. The van der Waals surface area contributed by atoms with Gasteiger partial charge in [0, 0.05) is 0 Å². The van der Waals surface area contributed by atoms with Gasteiger partial charge in [-0.1, -0.05) is 0 Å². The molecule has 0 spiro atoms. The van der Waals surface area contributed by atoms with Gasteiger partial charge in [-0.2, -0.15) is 43.9 Å². The lowest BCUT2D eigenvalue weighted by atomic mass is 9.99. The van der Waals surface area contributed by atoms with Crippen LogP contribution in [0.5, 0.6) is 0 Å². The summed E-state index contributed by atoms with van der Waals surface area (Å²) in [7, 11) is 0. The first-order chi connectivity index (χ1) is 9.11. The number of ether oxygens (including phenoxy) is 1. The molecule has 0 bridgehead atoms. The second-order valence-corrected chi connectivity index (χ2v) is 3.56. The van der Waals surface area contributed by atoms with Crippen LogP contribution in [0.25, 0.3) is 0 Å². The second kappa shape index (κ2) is 4.47. The molecule has 0 saturated carbocycles. The topological polar surface area (TPSA) is 9.23 Å². The number of halogens is 12. The Balaban J connectivity index is 3.52. The van der Waals surface area contributed by atoms with Gasteiger partial charge < -0.3 is 4.74 Å². The fourth-order valence-corrected chi connectivity index (χ4v) is 1.12. The Morgan fingerprint density at radius 3 is 1.57 bits per heavy atom. The van der Waals surface area contributed by atoms with Crippen molar-refractivity contribution in [3.05, 3.63) is 23.5 Å². The van der Waals surface area contributed by atoms with Crippen LogP contribution in [0, 0.1) is 0 Å². The van der Waals surface area contributed by atoms with Gasteiger partial charge in [0.1, 0.15) is 0 Å². The summed E-state index contributed by atoms with van der Waals surface area (Å²) in [6.45, 7) is 0. The van der Waals surface area contributed by atoms with E-state index in [4.69, 9.17) is 0 Å². The molecule has 1 heterocycles. The molecule has 122 valence electrons. The van der Waals surface area contributed by atoms with Gasteiger partial charge in [-0.05, 0) is 0 Å². The Morgan fingerprint density at radius 2 is 1.19 bits per heavy atom. The molecule has 0 fully saturated rings. The molecule has 0 N–H and O–H groups in total. The van der Waals surface area contributed by atoms with Crippen molar-refractivity contribution < 1.29 is 57.4 Å². The van der Waals surface area contributed by atoms with Crippen molar-refractivity contribution in [3.8, 4) is 0 Å². The van der Waals surface area contributed by atoms with Gasteiger partial charge in [0.05, 0.1) is 0 Å². The fraction of sp³-hybridized carbons (Fsp3) is 0.500. The Hall–Kier alpha value is -1.56. The minimum absolute atomic E-state index is 2.48. The van der Waals surface area contributed by atoms with E-state index in [2.05, 4.69) is 4.74 Å². The molecule has 0 aromatic carbocycles. The molecule has 1 aliphatic heterocycles. The molecule has 1 unspecified atom stereocenters. The summed E-state index contributed by atoms with van der Waals surface area (Å²) >= 11 is 0. The van der Waals surface area contributed by atoms with Crippen molar-refractivity contribution in [2.45, 2.75) is 23.9 Å². The Kier molecular flexibility index (Phi) is 3.72. The molecule has 1 nitrogen and oxygen atoms in total. The zero-order chi connectivity index (χ0) is 17.0. The molecule has 1 rings (SSSR count). The second-order valence-electron chi connectivity index (χ2n) is 3.56. The summed E-state index contributed by atoms with van der Waals surface area (Å²) in [5.74, 6) is -30.9. The van der Waals surface area contributed by atoms with E-state index in [-0.39, 0.29) is 0 Å². The van der Waals surface area contributed by atoms with Crippen LogP contribution in [0.3, 0.4) is 0 Å². The van der Waals surface area contributed by atoms with E-state index in [9.17, 15) is 52.7 Å². The summed E-state index contributed by atoms with van der Waals surface area (Å²) < 4.78 is 152. The maximum Gasteiger partial charge on any atom is 0.460 e. The van der Waals surface area contributed by atoms with Crippen molar-refractivity contribution in [2.75, 3.05) is 0 Å². The summed E-state index contributed by atoms with van der Waals surface area (Å²) in [5.41, 5.74) is 0. The molecule has 0 aromatic rings. The number of alkyl halides is 8. The third kappa shape index (κ3) is 2.12. The minimum Gasteiger partial charge on any atom is -0.419 e. The van der Waals surface area contributed by atoms with E-state index in [1.54, 1.807) is 0 Å². The molecule has 0 aromatic heterocycles. The van der Waals surface area contributed by atoms with Gasteiger partial charge in [-0.15, -0.1) is 0 Å². The minimum atomic E-state index is -7.29. The van der Waals surface area contributed by atoms with E-state index < -0.39 is 47.4 Å². The van der Waals surface area contributed by atoms with Crippen LogP contribution in [-0.4, -0.2) is 23.9 Å². The lowest BCUT2D eigenvalue weighted by molar-refractivity contribution is -0.406. The highest BCUT2D eigenvalue weighted by Gasteiger charge is 2.84. The zero-order valence-electron chi connectivity index (χ0n) is 8.94. The summed E-state index contributed by atoms with van der Waals surface area (Å²) in [6, 6.07) is -3.27. The normalized spacial score (nSPS) is 25.3. The molecule has 0 saturated heterocycles. The molecule has 0 aliphatic carbocycles. The van der Waals surface area contributed by atoms with Crippen molar-refractivity contribution in [1.82, 2.24) is 0 Å². The molecule has 13 heteroatoms. The first-order valence-corrected chi connectivity index (χ1v) is 4.43. The monoisotopic (exact) mass is 340 g/mol. The molecule has 0 radical (unpaired) electrons. The van der Waals surface area contributed by atoms with Gasteiger partial charge in [0.25, 0.3) is 0 Å². The Labute approximate surface area is 106 Å². The maximum atomic E-state index is 13.4. The lowest BCUT2D eigenvalue weighted by Gasteiger charge is -2.37. The molecule has 21 heavy (non-hydrogen) atoms. The third-order valence-corrected chi connectivity index (χ3v) is 2.22. The molecule has 1 atom stereocenters. The van der Waals surface area contributed by atoms with Gasteiger partial charge in [-0.25, -0.2) is 8.78 Å². The van der Waals surface area contributed by atoms with E-state index >= 15 is 0 Å². The number of hydrogen-bond donors (Lipinski definition) is 0. The van der Waals surface area contributed by atoms with E-state index in [1.807, 2.05) is 0 Å². The van der Waals surface area contributed by atoms with Crippen molar-refractivity contribution >= 4 is 0 Å². The number of rotatable bonds is 2. The van der Waals surface area contributed by atoms with Crippen molar-refractivity contribution in [2.24, 2.45) is 0 Å². The predicted molar refractivity (Wildman–Crippen MR) is 39.4 cm³/mol. The van der Waals surface area contributed by atoms with Crippen LogP contribution in [0.4, 0.5) is 52.7 Å². The van der Waals surface area contributed by atoms with Crippen LogP contribution in [0.15, 0.2) is 23.5 Å². The highest BCUT2D eigenvalue weighted by atomic mass is 19.4. The van der Waals surface area contributed by atoms with Crippen LogP contribution >= 0.6 is 0 Å². The van der Waals surface area contributed by atoms with Gasteiger partial charge in [0.15, 0.2) is 0 Å². The standard InChI is InChI=1S/C8F12O/c9-1-2(10)4(12)21-5(13,3(1)11)6(14,15)7(16,17)8(18,19)20. The van der Waals surface area contributed by atoms with Crippen molar-refractivity contribution in [1.29, 1.82) is 0 Å². The smallest absolute Gasteiger partial charge is 0.419 e. The number of allylic oxidation sites excluding steroid dienone is 2. The lowest BCUT2D eigenvalue weighted by Crippen LogP contribution is -2.64. The van der Waals surface area contributed by atoms with Crippen molar-refractivity contribution in [3.63, 3.8) is 0 Å². The van der Waals surface area contributed by atoms with Crippen LogP contribution in [-0.2, 0) is 4.74 Å². The van der Waals surface area contributed by atoms with Gasteiger partial charge in [0.2, 0.25) is 17.5 Å². The average Bonchev–Trinajstić information content (AvgIpc) is 2.32. The predicted octanol–water partition coefficient (Wildman–Crippen LogP) is 4.77. The molecular weight excluding hydrogens is 340 g/mol. The van der Waals surface area contributed by atoms with Gasteiger partial charge in [-0.3, -0.25) is 0 Å².